The molecule has 1 unspecified atom stereocenters. The van der Waals surface area contributed by atoms with Crippen LogP contribution in [0.3, 0.4) is 0 Å². The average molecular weight is 237 g/mol. The third-order valence-corrected chi connectivity index (χ3v) is 3.33. The molecule has 0 bridgehead atoms. The Balaban J connectivity index is 2.15. The van der Waals surface area contributed by atoms with Crippen LogP contribution in [0.2, 0.25) is 0 Å². The Hall–Kier alpha value is -2.13. The van der Waals surface area contributed by atoms with Gasteiger partial charge in [0.1, 0.15) is 0 Å². The average Bonchev–Trinajstić information content (AvgIpc) is 2.77. The molecule has 2 heterocycles. The molecular weight excluding hydrogens is 222 g/mol. The molecule has 2 N–H and O–H groups in total. The number of hydrogen-bond donors (Lipinski definition) is 1. The highest BCUT2D eigenvalue weighted by atomic mass is 14.9. The molecule has 0 saturated heterocycles. The normalized spacial score (nSPS) is 12.8. The number of pyridine rings is 1. The highest BCUT2D eigenvalue weighted by Crippen LogP contribution is 2.28. The lowest BCUT2D eigenvalue weighted by Gasteiger charge is -2.10. The predicted octanol–water partition coefficient (Wildman–Crippen LogP) is 2.62. The van der Waals surface area contributed by atoms with E-state index >= 15 is 0 Å². The van der Waals surface area contributed by atoms with E-state index in [1.807, 2.05) is 31.3 Å². The number of rotatable bonds is 2. The Morgan fingerprint density at radius 3 is 2.61 bits per heavy atom. The van der Waals surface area contributed by atoms with Crippen molar-refractivity contribution in [3.63, 3.8) is 0 Å². The first-order valence-corrected chi connectivity index (χ1v) is 5.97. The van der Waals surface area contributed by atoms with Crippen molar-refractivity contribution in [1.82, 2.24) is 9.55 Å². The topological polar surface area (TPSA) is 43.8 Å². The number of nitrogens with zero attached hydrogens (tertiary/aromatic N) is 2. The van der Waals surface area contributed by atoms with Crippen LogP contribution >= 0.6 is 0 Å². The number of nitrogens with two attached hydrogens (primary N) is 1. The van der Waals surface area contributed by atoms with Gasteiger partial charge in [0.25, 0.3) is 0 Å². The SMILES string of the molecule is Cn1cc(C(N)c2ccncc2)c2ccccc21. The molecule has 90 valence electrons. The van der Waals surface area contributed by atoms with Gasteiger partial charge in [0, 0.05) is 36.5 Å². The number of aryl methyl sites for hydroxylation is 1. The molecule has 3 nitrogen and oxygen atoms in total. The zero-order chi connectivity index (χ0) is 12.5. The first kappa shape index (κ1) is 11.0. The molecule has 0 aliphatic carbocycles. The third-order valence-electron chi connectivity index (χ3n) is 3.33. The number of para-hydroxylation sites is 1. The molecule has 0 radical (unpaired) electrons. The van der Waals surface area contributed by atoms with Crippen LogP contribution in [-0.2, 0) is 7.05 Å². The fourth-order valence-electron chi connectivity index (χ4n) is 2.37. The minimum absolute atomic E-state index is 0.112. The van der Waals surface area contributed by atoms with Crippen LogP contribution in [0.15, 0.2) is 55.0 Å². The molecule has 1 atom stereocenters. The maximum absolute atomic E-state index is 6.35. The lowest BCUT2D eigenvalue weighted by atomic mass is 10.0. The van der Waals surface area contributed by atoms with Gasteiger partial charge in [-0.25, -0.2) is 0 Å². The van der Waals surface area contributed by atoms with E-state index in [0.29, 0.717) is 0 Å². The maximum Gasteiger partial charge on any atom is 0.0574 e. The van der Waals surface area contributed by atoms with Crippen molar-refractivity contribution in [2.75, 3.05) is 0 Å². The molecule has 3 aromatic rings. The van der Waals surface area contributed by atoms with Crippen LogP contribution in [-0.4, -0.2) is 9.55 Å². The smallest absolute Gasteiger partial charge is 0.0574 e. The number of aromatic nitrogens is 2. The molecular formula is C15H15N3. The van der Waals surface area contributed by atoms with Crippen LogP contribution in [0.4, 0.5) is 0 Å². The second-order valence-electron chi connectivity index (χ2n) is 4.47. The lowest BCUT2D eigenvalue weighted by Crippen LogP contribution is -2.11. The second kappa shape index (κ2) is 4.27. The van der Waals surface area contributed by atoms with E-state index in [4.69, 9.17) is 5.73 Å². The minimum Gasteiger partial charge on any atom is -0.350 e. The molecule has 0 fully saturated rings. The van der Waals surface area contributed by atoms with Gasteiger partial charge < -0.3 is 10.3 Å². The largest absolute Gasteiger partial charge is 0.350 e. The molecule has 2 aromatic heterocycles. The molecule has 18 heavy (non-hydrogen) atoms. The standard InChI is InChI=1S/C15H15N3/c1-18-10-13(12-4-2-3-5-14(12)18)15(16)11-6-8-17-9-7-11/h2-10,15H,16H2,1H3. The van der Waals surface area contributed by atoms with Crippen LogP contribution in [0.25, 0.3) is 10.9 Å². The van der Waals surface area contributed by atoms with E-state index in [2.05, 4.69) is 27.9 Å². The Labute approximate surface area is 106 Å². The fraction of sp³-hybridized carbons (Fsp3) is 0.133. The molecule has 3 rings (SSSR count). The van der Waals surface area contributed by atoms with E-state index in [-0.39, 0.29) is 6.04 Å². The zero-order valence-electron chi connectivity index (χ0n) is 10.2. The first-order valence-electron chi connectivity index (χ1n) is 5.97. The summed E-state index contributed by atoms with van der Waals surface area (Å²) in [5.41, 5.74) is 9.80. The van der Waals surface area contributed by atoms with Gasteiger partial charge in [0.2, 0.25) is 0 Å². The summed E-state index contributed by atoms with van der Waals surface area (Å²) in [4.78, 5) is 4.03. The van der Waals surface area contributed by atoms with Crippen LogP contribution in [0.1, 0.15) is 17.2 Å². The van der Waals surface area contributed by atoms with Crippen LogP contribution < -0.4 is 5.73 Å². The summed E-state index contributed by atoms with van der Waals surface area (Å²) in [6.45, 7) is 0. The van der Waals surface area contributed by atoms with Crippen molar-refractivity contribution < 1.29 is 0 Å². The molecule has 1 aromatic carbocycles. The lowest BCUT2D eigenvalue weighted by molar-refractivity contribution is 0.858. The summed E-state index contributed by atoms with van der Waals surface area (Å²) in [5.74, 6) is 0. The monoisotopic (exact) mass is 237 g/mol. The summed E-state index contributed by atoms with van der Waals surface area (Å²) < 4.78 is 2.12. The number of hydrogen-bond acceptors (Lipinski definition) is 2. The molecule has 0 amide bonds. The van der Waals surface area contributed by atoms with E-state index in [1.165, 1.54) is 10.9 Å². The highest BCUT2D eigenvalue weighted by molar-refractivity contribution is 5.84. The maximum atomic E-state index is 6.35. The summed E-state index contributed by atoms with van der Waals surface area (Å²) >= 11 is 0. The van der Waals surface area contributed by atoms with Crippen molar-refractivity contribution in [2.24, 2.45) is 12.8 Å². The van der Waals surface area contributed by atoms with Gasteiger partial charge in [0.15, 0.2) is 0 Å². The van der Waals surface area contributed by atoms with E-state index in [1.54, 1.807) is 12.4 Å². The first-order chi connectivity index (χ1) is 8.77. The Morgan fingerprint density at radius 2 is 1.83 bits per heavy atom. The van der Waals surface area contributed by atoms with E-state index in [0.717, 1.165) is 11.1 Å². The molecule has 0 aliphatic heterocycles. The third kappa shape index (κ3) is 1.69. The van der Waals surface area contributed by atoms with Gasteiger partial charge in [-0.15, -0.1) is 0 Å². The van der Waals surface area contributed by atoms with E-state index in [9.17, 15) is 0 Å². The van der Waals surface area contributed by atoms with Crippen LogP contribution in [0, 0.1) is 0 Å². The summed E-state index contributed by atoms with van der Waals surface area (Å²) in [5, 5.41) is 1.21. The molecule has 0 aliphatic rings. The minimum atomic E-state index is -0.112. The van der Waals surface area contributed by atoms with Gasteiger partial charge in [-0.2, -0.15) is 0 Å². The van der Waals surface area contributed by atoms with Gasteiger partial charge in [-0.1, -0.05) is 18.2 Å². The van der Waals surface area contributed by atoms with Crippen molar-refractivity contribution in [2.45, 2.75) is 6.04 Å². The Kier molecular flexibility index (Phi) is 2.61. The predicted molar refractivity (Wildman–Crippen MR) is 73.2 cm³/mol. The summed E-state index contributed by atoms with van der Waals surface area (Å²) in [7, 11) is 2.05. The highest BCUT2D eigenvalue weighted by Gasteiger charge is 2.14. The summed E-state index contributed by atoms with van der Waals surface area (Å²) in [6.07, 6.45) is 5.66. The fourth-order valence-corrected chi connectivity index (χ4v) is 2.37. The molecule has 0 saturated carbocycles. The van der Waals surface area contributed by atoms with Crippen molar-refractivity contribution in [3.05, 3.63) is 66.1 Å². The van der Waals surface area contributed by atoms with Crippen LogP contribution in [0.5, 0.6) is 0 Å². The van der Waals surface area contributed by atoms with Gasteiger partial charge >= 0.3 is 0 Å². The Morgan fingerprint density at radius 1 is 1.11 bits per heavy atom. The van der Waals surface area contributed by atoms with Crippen molar-refractivity contribution in [3.8, 4) is 0 Å². The van der Waals surface area contributed by atoms with E-state index < -0.39 is 0 Å². The second-order valence-corrected chi connectivity index (χ2v) is 4.47. The zero-order valence-corrected chi connectivity index (χ0v) is 10.2. The van der Waals surface area contributed by atoms with Crippen molar-refractivity contribution >= 4 is 10.9 Å². The van der Waals surface area contributed by atoms with Gasteiger partial charge in [-0.05, 0) is 29.3 Å². The Bertz CT molecular complexity index is 671. The van der Waals surface area contributed by atoms with Crippen molar-refractivity contribution in [1.29, 1.82) is 0 Å². The van der Waals surface area contributed by atoms with Gasteiger partial charge in [0.05, 0.1) is 6.04 Å². The van der Waals surface area contributed by atoms with Gasteiger partial charge in [-0.3, -0.25) is 4.98 Å². The molecule has 3 heteroatoms. The summed E-state index contributed by atoms with van der Waals surface area (Å²) in [6, 6.07) is 12.1. The number of fused-ring (bicyclic) bond motifs is 1. The molecule has 0 spiro atoms. The number of benzene rings is 1. The quantitative estimate of drug-likeness (QED) is 0.744.